The fraction of sp³-hybridized carbons (Fsp3) is 0.452. The molecule has 2 aliphatic carbocycles. The van der Waals surface area contributed by atoms with Gasteiger partial charge in [-0.2, -0.15) is 23.5 Å². The van der Waals surface area contributed by atoms with Crippen LogP contribution < -0.4 is 10.2 Å². The van der Waals surface area contributed by atoms with Gasteiger partial charge in [-0.1, -0.05) is 31.0 Å². The number of anilines is 1. The van der Waals surface area contributed by atoms with Gasteiger partial charge in [0.05, 0.1) is 34.5 Å². The van der Waals surface area contributed by atoms with Gasteiger partial charge in [0.15, 0.2) is 9.84 Å². The molecular weight excluding hydrogens is 579 g/mol. The second kappa shape index (κ2) is 11.0. The predicted octanol–water partition coefficient (Wildman–Crippen LogP) is 5.24. The van der Waals surface area contributed by atoms with E-state index in [1.807, 2.05) is 29.2 Å². The molecular formula is C31H32F3N5O3S. The number of amides is 1. The fourth-order valence-corrected chi connectivity index (χ4v) is 7.35. The van der Waals surface area contributed by atoms with Crippen LogP contribution in [0.15, 0.2) is 54.7 Å². The molecule has 1 N–H and O–H groups in total. The van der Waals surface area contributed by atoms with Gasteiger partial charge in [0.2, 0.25) is 5.91 Å². The first-order valence-corrected chi connectivity index (χ1v) is 16.4. The Labute approximate surface area is 248 Å². The molecule has 2 saturated carbocycles. The Hall–Kier alpha value is -3.85. The van der Waals surface area contributed by atoms with Gasteiger partial charge >= 0.3 is 6.18 Å². The van der Waals surface area contributed by atoms with Crippen molar-refractivity contribution >= 4 is 21.4 Å². The predicted molar refractivity (Wildman–Crippen MR) is 155 cm³/mol. The van der Waals surface area contributed by atoms with Gasteiger partial charge < -0.3 is 10.2 Å². The highest BCUT2D eigenvalue weighted by Gasteiger charge is 2.47. The molecule has 1 amide bonds. The van der Waals surface area contributed by atoms with Crippen molar-refractivity contribution in [3.8, 4) is 22.9 Å². The van der Waals surface area contributed by atoms with E-state index in [0.29, 0.717) is 44.5 Å². The van der Waals surface area contributed by atoms with Crippen molar-refractivity contribution in [3.05, 3.63) is 66.0 Å². The lowest BCUT2D eigenvalue weighted by atomic mass is 9.75. The van der Waals surface area contributed by atoms with Crippen LogP contribution in [0.4, 0.5) is 18.9 Å². The molecule has 6 rings (SSSR count). The zero-order valence-corrected chi connectivity index (χ0v) is 24.3. The molecule has 0 spiro atoms. The van der Waals surface area contributed by atoms with E-state index >= 15 is 0 Å². The third-order valence-corrected chi connectivity index (χ3v) is 10.5. The minimum absolute atomic E-state index is 0.0981. The van der Waals surface area contributed by atoms with E-state index in [1.54, 1.807) is 12.3 Å². The van der Waals surface area contributed by atoms with Crippen LogP contribution in [0.5, 0.6) is 0 Å². The number of halogens is 3. The highest BCUT2D eigenvalue weighted by Crippen LogP contribution is 2.43. The Balaban J connectivity index is 1.37. The van der Waals surface area contributed by atoms with E-state index in [0.717, 1.165) is 41.8 Å². The summed E-state index contributed by atoms with van der Waals surface area (Å²) in [5.41, 5.74) is 1.70. The molecule has 0 bridgehead atoms. The van der Waals surface area contributed by atoms with Crippen LogP contribution >= 0.6 is 0 Å². The van der Waals surface area contributed by atoms with Crippen LogP contribution in [-0.2, 0) is 20.8 Å². The number of carbonyl (C=O) groups excluding carboxylic acids is 1. The number of alkyl halides is 3. The quantitative estimate of drug-likeness (QED) is 0.409. The summed E-state index contributed by atoms with van der Waals surface area (Å²) < 4.78 is 65.8. The van der Waals surface area contributed by atoms with Crippen molar-refractivity contribution in [3.63, 3.8) is 0 Å². The van der Waals surface area contributed by atoms with Gasteiger partial charge in [0.25, 0.3) is 0 Å². The molecule has 226 valence electrons. The number of nitrogens with zero attached hydrogens (tertiary/aromatic N) is 4. The van der Waals surface area contributed by atoms with E-state index in [9.17, 15) is 31.6 Å². The van der Waals surface area contributed by atoms with Crippen LogP contribution in [0.1, 0.15) is 55.7 Å². The molecule has 0 radical (unpaired) electrons. The maximum absolute atomic E-state index is 13.5. The lowest BCUT2D eigenvalue weighted by Gasteiger charge is -2.31. The molecule has 2 heterocycles. The Bertz CT molecular complexity index is 1660. The Morgan fingerprint density at radius 2 is 1.72 bits per heavy atom. The Morgan fingerprint density at radius 3 is 2.37 bits per heavy atom. The van der Waals surface area contributed by atoms with Crippen molar-refractivity contribution in [1.29, 1.82) is 5.26 Å². The van der Waals surface area contributed by atoms with Crippen molar-refractivity contribution < 1.29 is 26.4 Å². The van der Waals surface area contributed by atoms with Gasteiger partial charge in [0.1, 0.15) is 5.54 Å². The summed E-state index contributed by atoms with van der Waals surface area (Å²) in [4.78, 5) is 15.5. The topological polar surface area (TPSA) is 108 Å². The van der Waals surface area contributed by atoms with E-state index in [2.05, 4.69) is 11.4 Å². The summed E-state index contributed by atoms with van der Waals surface area (Å²) in [6, 6.07) is 14.8. The number of aromatic nitrogens is 2. The van der Waals surface area contributed by atoms with Crippen LogP contribution in [0.25, 0.3) is 16.8 Å². The van der Waals surface area contributed by atoms with Crippen molar-refractivity contribution in [2.45, 2.75) is 56.2 Å². The largest absolute Gasteiger partial charge is 0.416 e. The van der Waals surface area contributed by atoms with Gasteiger partial charge in [-0.3, -0.25) is 4.79 Å². The number of rotatable bonds is 6. The maximum Gasteiger partial charge on any atom is 0.416 e. The zero-order chi connectivity index (χ0) is 30.4. The zero-order valence-electron chi connectivity index (χ0n) is 23.5. The highest BCUT2D eigenvalue weighted by atomic mass is 32.2. The SMILES string of the molecule is N#CC1(NC(=O)C2CCCCC2c2nn(-c3cccc(C(F)(F)F)c3)cc2-c2ccc(N3CCS(=O)(=O)CC3)cc2)CC1. The molecule has 3 aliphatic rings. The summed E-state index contributed by atoms with van der Waals surface area (Å²) in [7, 11) is -3.02. The molecule has 2 aromatic carbocycles. The first-order chi connectivity index (χ1) is 20.5. The summed E-state index contributed by atoms with van der Waals surface area (Å²) in [6.07, 6.45) is 1.51. The van der Waals surface area contributed by atoms with Crippen molar-refractivity contribution in [1.82, 2.24) is 15.1 Å². The normalized spacial score (nSPS) is 22.9. The summed E-state index contributed by atoms with van der Waals surface area (Å²) in [5, 5.41) is 17.3. The number of hydrogen-bond donors (Lipinski definition) is 1. The lowest BCUT2D eigenvalue weighted by Crippen LogP contribution is -2.42. The second-order valence-electron chi connectivity index (χ2n) is 11.8. The average molecular weight is 612 g/mol. The average Bonchev–Trinajstić information content (AvgIpc) is 3.63. The Morgan fingerprint density at radius 1 is 1.02 bits per heavy atom. The minimum atomic E-state index is -4.51. The van der Waals surface area contributed by atoms with E-state index in [-0.39, 0.29) is 29.0 Å². The van der Waals surface area contributed by atoms with Gasteiger partial charge in [0, 0.05) is 42.4 Å². The van der Waals surface area contributed by atoms with Gasteiger partial charge in [-0.05, 0) is 61.6 Å². The third-order valence-electron chi connectivity index (χ3n) is 8.85. The number of sulfone groups is 1. The fourth-order valence-electron chi connectivity index (χ4n) is 6.15. The third kappa shape index (κ3) is 6.13. The maximum atomic E-state index is 13.5. The highest BCUT2D eigenvalue weighted by molar-refractivity contribution is 7.91. The van der Waals surface area contributed by atoms with Gasteiger partial charge in [-0.15, -0.1) is 0 Å². The van der Waals surface area contributed by atoms with Crippen LogP contribution in [0.3, 0.4) is 0 Å². The van der Waals surface area contributed by atoms with E-state index in [4.69, 9.17) is 5.10 Å². The van der Waals surface area contributed by atoms with Gasteiger partial charge in [-0.25, -0.2) is 13.1 Å². The van der Waals surface area contributed by atoms with Crippen molar-refractivity contribution in [2.75, 3.05) is 29.5 Å². The first-order valence-electron chi connectivity index (χ1n) is 14.5. The number of nitrogens with one attached hydrogen (secondary N) is 1. The molecule has 1 aromatic heterocycles. The molecule has 12 heteroatoms. The summed E-state index contributed by atoms with van der Waals surface area (Å²) >= 11 is 0. The number of carbonyl (C=O) groups is 1. The number of benzene rings is 2. The minimum Gasteiger partial charge on any atom is -0.369 e. The standard InChI is InChI=1S/C31H32F3N5O3S/c32-31(33,34)22-4-3-5-24(18-22)39-19-27(21-8-10-23(11-9-21)38-14-16-43(41,42)17-15-38)28(37-39)25-6-1-2-7-26(25)29(40)36-30(20-35)12-13-30/h3-5,8-11,18-19,25-26H,1-2,6-7,12-17H2,(H,36,40). The summed E-state index contributed by atoms with van der Waals surface area (Å²) in [5.74, 6) is -0.685. The second-order valence-corrected chi connectivity index (χ2v) is 14.1. The van der Waals surface area contributed by atoms with Crippen LogP contribution in [0.2, 0.25) is 0 Å². The summed E-state index contributed by atoms with van der Waals surface area (Å²) in [6.45, 7) is 0.812. The van der Waals surface area contributed by atoms with E-state index in [1.165, 1.54) is 10.7 Å². The lowest BCUT2D eigenvalue weighted by molar-refractivity contribution is -0.137. The molecule has 1 saturated heterocycles. The number of hydrogen-bond acceptors (Lipinski definition) is 6. The van der Waals surface area contributed by atoms with E-state index < -0.39 is 33.0 Å². The van der Waals surface area contributed by atoms with Crippen LogP contribution in [-0.4, -0.2) is 54.2 Å². The Kier molecular flexibility index (Phi) is 7.49. The monoisotopic (exact) mass is 611 g/mol. The van der Waals surface area contributed by atoms with Crippen LogP contribution in [0, 0.1) is 17.2 Å². The number of nitriles is 1. The molecule has 3 fully saturated rings. The molecule has 1 aliphatic heterocycles. The smallest absolute Gasteiger partial charge is 0.369 e. The molecule has 2 atom stereocenters. The molecule has 43 heavy (non-hydrogen) atoms. The molecule has 8 nitrogen and oxygen atoms in total. The molecule has 3 aromatic rings. The molecule has 2 unspecified atom stereocenters. The van der Waals surface area contributed by atoms with Crippen molar-refractivity contribution in [2.24, 2.45) is 5.92 Å². The first kappa shape index (κ1) is 29.2.